The molecule has 7 nitrogen and oxygen atoms in total. The second-order valence-electron chi connectivity index (χ2n) is 9.80. The number of nitrogens with zero attached hydrogens (tertiary/aromatic N) is 4. The summed E-state index contributed by atoms with van der Waals surface area (Å²) >= 11 is 0. The largest absolute Gasteiger partial charge is 0.491 e. The molecule has 0 radical (unpaired) electrons. The van der Waals surface area contributed by atoms with E-state index in [-0.39, 0.29) is 18.6 Å². The lowest BCUT2D eigenvalue weighted by atomic mass is 9.84. The number of hydrogen-bond donors (Lipinski definition) is 1. The highest BCUT2D eigenvalue weighted by atomic mass is 16.5. The Morgan fingerprint density at radius 2 is 1.83 bits per heavy atom. The van der Waals surface area contributed by atoms with E-state index in [9.17, 15) is 4.79 Å². The fourth-order valence-corrected chi connectivity index (χ4v) is 5.27. The zero-order valence-electron chi connectivity index (χ0n) is 21.6. The van der Waals surface area contributed by atoms with E-state index < -0.39 is 0 Å². The number of amides is 1. The summed E-state index contributed by atoms with van der Waals surface area (Å²) in [6, 6.07) is 20.6. The number of aliphatic hydroxyl groups excluding tert-OH is 1. The monoisotopic (exact) mass is 490 g/mol. The molecule has 1 saturated heterocycles. The van der Waals surface area contributed by atoms with Crippen molar-refractivity contribution >= 4 is 5.91 Å². The van der Waals surface area contributed by atoms with Gasteiger partial charge in [0.1, 0.15) is 18.1 Å². The highest BCUT2D eigenvalue weighted by molar-refractivity contribution is 5.92. The number of aliphatic hydroxyl groups is 1. The Balaban J connectivity index is 1.44. The van der Waals surface area contributed by atoms with Crippen LogP contribution < -0.4 is 4.74 Å². The first-order valence-corrected chi connectivity index (χ1v) is 12.8. The number of carbonyl (C=O) groups is 1. The van der Waals surface area contributed by atoms with Gasteiger partial charge in [0.25, 0.3) is 5.91 Å². The Bertz CT molecular complexity index is 1120. The van der Waals surface area contributed by atoms with Crippen LogP contribution in [0.15, 0.2) is 60.7 Å². The summed E-state index contributed by atoms with van der Waals surface area (Å²) in [7, 11) is 3.78. The molecule has 1 amide bonds. The van der Waals surface area contributed by atoms with Gasteiger partial charge in [0.2, 0.25) is 0 Å². The first-order chi connectivity index (χ1) is 17.4. The summed E-state index contributed by atoms with van der Waals surface area (Å²) in [4.78, 5) is 17.9. The Hall–Kier alpha value is -3.16. The Morgan fingerprint density at radius 3 is 2.50 bits per heavy atom. The molecule has 0 saturated carbocycles. The van der Waals surface area contributed by atoms with Crippen molar-refractivity contribution < 1.29 is 14.6 Å². The maximum Gasteiger partial charge on any atom is 0.272 e. The van der Waals surface area contributed by atoms with Crippen molar-refractivity contribution in [1.82, 2.24) is 19.6 Å². The van der Waals surface area contributed by atoms with Gasteiger partial charge in [-0.05, 0) is 74.5 Å². The molecule has 2 heterocycles. The summed E-state index contributed by atoms with van der Waals surface area (Å²) in [5, 5.41) is 13.4. The zero-order valence-corrected chi connectivity index (χ0v) is 21.6. The summed E-state index contributed by atoms with van der Waals surface area (Å²) < 4.78 is 7.26. The summed E-state index contributed by atoms with van der Waals surface area (Å²) in [5.41, 5.74) is 3.95. The number of carbonyl (C=O) groups excluding carboxylic acids is 1. The molecular weight excluding hydrogens is 452 g/mol. The lowest BCUT2D eigenvalue weighted by molar-refractivity contribution is 0.0575. The predicted molar refractivity (Wildman–Crippen MR) is 141 cm³/mol. The van der Waals surface area contributed by atoms with Gasteiger partial charge in [-0.15, -0.1) is 0 Å². The number of hydrogen-bond acceptors (Lipinski definition) is 5. The average Bonchev–Trinajstić information content (AvgIpc) is 3.24. The van der Waals surface area contributed by atoms with E-state index in [0.717, 1.165) is 50.3 Å². The number of likely N-dealkylation sites (tertiary alicyclic amines) is 1. The van der Waals surface area contributed by atoms with E-state index in [0.29, 0.717) is 18.2 Å². The van der Waals surface area contributed by atoms with Gasteiger partial charge in [-0.3, -0.25) is 14.4 Å². The standard InChI is InChI=1S/C29H38N4O3/c1-22-18-28(32(3)30-22)29(35)31(2)27(20-23-8-5-4-6-9-23)25-12-14-33(15-13-25)21-24-10-7-11-26(19-24)36-17-16-34/h4-11,18-19,25,27,34H,12-17,20-21H2,1-3H3/t27-/m1/s1. The summed E-state index contributed by atoms with van der Waals surface area (Å²) in [6.07, 6.45) is 2.93. The third-order valence-electron chi connectivity index (χ3n) is 7.17. The van der Waals surface area contributed by atoms with E-state index in [1.807, 2.05) is 50.2 Å². The van der Waals surface area contributed by atoms with Gasteiger partial charge in [0.05, 0.1) is 12.3 Å². The molecule has 1 fully saturated rings. The van der Waals surface area contributed by atoms with Crippen molar-refractivity contribution in [1.29, 1.82) is 0 Å². The Kier molecular flexibility index (Phi) is 8.78. The highest BCUT2D eigenvalue weighted by Gasteiger charge is 2.33. The molecule has 1 aliphatic rings. The van der Waals surface area contributed by atoms with Gasteiger partial charge in [0.15, 0.2) is 0 Å². The molecule has 36 heavy (non-hydrogen) atoms. The van der Waals surface area contributed by atoms with Crippen molar-refractivity contribution in [2.75, 3.05) is 33.4 Å². The normalized spacial score (nSPS) is 15.6. The molecular formula is C29H38N4O3. The van der Waals surface area contributed by atoms with E-state index in [1.54, 1.807) is 4.68 Å². The van der Waals surface area contributed by atoms with Crippen LogP contribution in [0.2, 0.25) is 0 Å². The molecule has 2 aromatic carbocycles. The molecule has 3 aromatic rings. The number of aryl methyl sites for hydroxylation is 2. The van der Waals surface area contributed by atoms with Gasteiger partial charge < -0.3 is 14.7 Å². The molecule has 0 spiro atoms. The number of piperidine rings is 1. The first-order valence-electron chi connectivity index (χ1n) is 12.8. The minimum atomic E-state index is 0.0129. The fraction of sp³-hybridized carbons (Fsp3) is 0.448. The number of aromatic nitrogens is 2. The SMILES string of the molecule is Cc1cc(C(=O)N(C)[C@H](Cc2ccccc2)C2CCN(Cc3cccc(OCCO)c3)CC2)n(C)n1. The molecule has 1 atom stereocenters. The van der Waals surface area contributed by atoms with Crippen LogP contribution >= 0.6 is 0 Å². The molecule has 192 valence electrons. The Labute approximate surface area is 214 Å². The fourth-order valence-electron chi connectivity index (χ4n) is 5.27. The summed E-state index contributed by atoms with van der Waals surface area (Å²) in [6.45, 7) is 5.09. The molecule has 0 aliphatic carbocycles. The van der Waals surface area contributed by atoms with Crippen LogP contribution in [0.4, 0.5) is 0 Å². The van der Waals surface area contributed by atoms with Gasteiger partial charge in [-0.2, -0.15) is 5.10 Å². The molecule has 1 aliphatic heterocycles. The van der Waals surface area contributed by atoms with Crippen LogP contribution in [0.25, 0.3) is 0 Å². The van der Waals surface area contributed by atoms with Crippen molar-refractivity contribution in [3.63, 3.8) is 0 Å². The highest BCUT2D eigenvalue weighted by Crippen LogP contribution is 2.28. The number of benzene rings is 2. The lowest BCUT2D eigenvalue weighted by Gasteiger charge is -2.40. The van der Waals surface area contributed by atoms with Crippen LogP contribution in [-0.2, 0) is 20.0 Å². The van der Waals surface area contributed by atoms with Gasteiger partial charge in [-0.1, -0.05) is 42.5 Å². The van der Waals surface area contributed by atoms with Gasteiger partial charge in [0, 0.05) is 26.7 Å². The van der Waals surface area contributed by atoms with Crippen LogP contribution in [0.3, 0.4) is 0 Å². The van der Waals surface area contributed by atoms with E-state index in [2.05, 4.69) is 46.4 Å². The Morgan fingerprint density at radius 1 is 1.11 bits per heavy atom. The minimum Gasteiger partial charge on any atom is -0.491 e. The van der Waals surface area contributed by atoms with Crippen LogP contribution in [0.5, 0.6) is 5.75 Å². The second kappa shape index (κ2) is 12.2. The topological polar surface area (TPSA) is 70.8 Å². The van der Waals surface area contributed by atoms with Crippen molar-refractivity contribution in [2.45, 2.75) is 38.8 Å². The quantitative estimate of drug-likeness (QED) is 0.469. The number of rotatable bonds is 10. The molecule has 0 bridgehead atoms. The number of ether oxygens (including phenoxy) is 1. The van der Waals surface area contributed by atoms with E-state index in [1.165, 1.54) is 11.1 Å². The zero-order chi connectivity index (χ0) is 25.5. The van der Waals surface area contributed by atoms with E-state index in [4.69, 9.17) is 9.84 Å². The third-order valence-corrected chi connectivity index (χ3v) is 7.17. The molecule has 4 rings (SSSR count). The lowest BCUT2D eigenvalue weighted by Crippen LogP contribution is -2.47. The molecule has 1 aromatic heterocycles. The van der Waals surface area contributed by atoms with Crippen molar-refractivity contribution in [3.05, 3.63) is 83.2 Å². The second-order valence-corrected chi connectivity index (χ2v) is 9.80. The summed E-state index contributed by atoms with van der Waals surface area (Å²) in [5.74, 6) is 1.25. The maximum atomic E-state index is 13.5. The van der Waals surface area contributed by atoms with Crippen LogP contribution in [-0.4, -0.2) is 70.0 Å². The molecule has 0 unspecified atom stereocenters. The predicted octanol–water partition coefficient (Wildman–Crippen LogP) is 3.70. The third kappa shape index (κ3) is 6.53. The average molecular weight is 491 g/mol. The van der Waals surface area contributed by atoms with Gasteiger partial charge in [-0.25, -0.2) is 0 Å². The smallest absolute Gasteiger partial charge is 0.272 e. The first kappa shape index (κ1) is 25.9. The number of likely N-dealkylation sites (N-methyl/N-ethyl adjacent to an activating group) is 1. The molecule has 7 heteroatoms. The molecule has 1 N–H and O–H groups in total. The van der Waals surface area contributed by atoms with Gasteiger partial charge >= 0.3 is 0 Å². The van der Waals surface area contributed by atoms with Crippen molar-refractivity contribution in [3.8, 4) is 5.75 Å². The van der Waals surface area contributed by atoms with Crippen molar-refractivity contribution in [2.24, 2.45) is 13.0 Å². The van der Waals surface area contributed by atoms with Crippen LogP contribution in [0.1, 0.15) is 40.2 Å². The van der Waals surface area contributed by atoms with Crippen LogP contribution in [0, 0.1) is 12.8 Å². The maximum absolute atomic E-state index is 13.5. The minimum absolute atomic E-state index is 0.0129. The van der Waals surface area contributed by atoms with E-state index >= 15 is 0 Å².